The van der Waals surface area contributed by atoms with Crippen molar-refractivity contribution in [1.82, 2.24) is 14.9 Å². The normalized spacial score (nSPS) is 15.7. The van der Waals surface area contributed by atoms with Crippen LogP contribution in [0.25, 0.3) is 5.82 Å². The van der Waals surface area contributed by atoms with Crippen LogP contribution in [0.5, 0.6) is 0 Å². The number of rotatable bonds is 6. The Hall–Kier alpha value is -2.14. The molecule has 0 bridgehead atoms. The first kappa shape index (κ1) is 13.8. The number of nitrogens with one attached hydrogen (secondary N) is 1. The molecule has 1 aliphatic rings. The summed E-state index contributed by atoms with van der Waals surface area (Å²) in [4.78, 5) is 16.5. The molecule has 1 atom stereocenters. The Kier molecular flexibility index (Phi) is 4.01. The van der Waals surface area contributed by atoms with E-state index in [4.69, 9.17) is 5.11 Å². The Balaban J connectivity index is 1.67. The largest absolute Gasteiger partial charge is 0.396 e. The van der Waals surface area contributed by atoms with E-state index in [1.165, 1.54) is 0 Å². The molecular weight excluding hydrogens is 266 g/mol. The lowest BCUT2D eigenvalue weighted by molar-refractivity contribution is 0.0924. The second-order valence-electron chi connectivity index (χ2n) is 5.43. The molecule has 0 radical (unpaired) electrons. The van der Waals surface area contributed by atoms with Crippen molar-refractivity contribution in [1.29, 1.82) is 0 Å². The molecule has 110 valence electrons. The summed E-state index contributed by atoms with van der Waals surface area (Å²) < 4.78 is 1.89. The third kappa shape index (κ3) is 3.31. The first-order valence-corrected chi connectivity index (χ1v) is 7.29. The van der Waals surface area contributed by atoms with Gasteiger partial charge in [-0.15, -0.1) is 0 Å². The van der Waals surface area contributed by atoms with Crippen LogP contribution in [0.2, 0.25) is 0 Å². The second kappa shape index (κ2) is 6.10. The van der Waals surface area contributed by atoms with E-state index in [0.717, 1.165) is 18.7 Å². The number of nitrogens with zero attached hydrogens (tertiary/aromatic N) is 2. The Morgan fingerprint density at radius 3 is 2.71 bits per heavy atom. The zero-order chi connectivity index (χ0) is 14.7. The van der Waals surface area contributed by atoms with Crippen molar-refractivity contribution in [3.63, 3.8) is 0 Å². The monoisotopic (exact) mass is 285 g/mol. The number of amides is 1. The number of carbonyl (C=O) groups is 1. The van der Waals surface area contributed by atoms with Crippen LogP contribution in [0.4, 0.5) is 0 Å². The lowest BCUT2D eigenvalue weighted by atomic mass is 10.1. The molecule has 21 heavy (non-hydrogen) atoms. The molecule has 0 aromatic carbocycles. The summed E-state index contributed by atoms with van der Waals surface area (Å²) in [5.41, 5.74) is 0.550. The van der Waals surface area contributed by atoms with Crippen molar-refractivity contribution >= 4 is 5.91 Å². The van der Waals surface area contributed by atoms with Gasteiger partial charge in [0.15, 0.2) is 0 Å². The van der Waals surface area contributed by atoms with Gasteiger partial charge in [-0.25, -0.2) is 4.98 Å². The van der Waals surface area contributed by atoms with Crippen LogP contribution in [0, 0.1) is 5.92 Å². The van der Waals surface area contributed by atoms with Crippen molar-refractivity contribution in [3.05, 3.63) is 48.4 Å². The standard InChI is InChI=1S/C16H19N3O2/c20-10-7-14(12-3-4-12)18-16(21)13-5-6-15(17-11-13)19-8-1-2-9-19/h1-2,5-6,8-9,11-12,14,20H,3-4,7,10H2,(H,18,21). The van der Waals surface area contributed by atoms with Gasteiger partial charge in [-0.3, -0.25) is 4.79 Å². The van der Waals surface area contributed by atoms with Crippen LogP contribution in [-0.4, -0.2) is 33.2 Å². The Bertz CT molecular complexity index is 588. The van der Waals surface area contributed by atoms with Gasteiger partial charge in [0.2, 0.25) is 0 Å². The first-order valence-electron chi connectivity index (χ1n) is 7.29. The van der Waals surface area contributed by atoms with Crippen LogP contribution in [0.1, 0.15) is 29.6 Å². The van der Waals surface area contributed by atoms with E-state index in [1.807, 2.05) is 35.2 Å². The number of hydrogen-bond donors (Lipinski definition) is 2. The molecule has 5 heteroatoms. The average Bonchev–Trinajstić information content (AvgIpc) is 3.21. The van der Waals surface area contributed by atoms with Crippen LogP contribution >= 0.6 is 0 Å². The summed E-state index contributed by atoms with van der Waals surface area (Å²) in [6.07, 6.45) is 8.29. The molecule has 0 saturated heterocycles. The zero-order valence-electron chi connectivity index (χ0n) is 11.8. The van der Waals surface area contributed by atoms with Crippen LogP contribution in [0.15, 0.2) is 42.9 Å². The van der Waals surface area contributed by atoms with Crippen molar-refractivity contribution in [2.45, 2.75) is 25.3 Å². The number of pyridine rings is 1. The molecule has 2 aromatic rings. The molecule has 3 rings (SSSR count). The number of carbonyl (C=O) groups excluding carboxylic acids is 1. The van der Waals surface area contributed by atoms with Crippen molar-refractivity contribution < 1.29 is 9.90 Å². The van der Waals surface area contributed by atoms with Gasteiger partial charge in [-0.05, 0) is 49.4 Å². The highest BCUT2D eigenvalue weighted by atomic mass is 16.3. The van der Waals surface area contributed by atoms with Gasteiger partial charge in [0, 0.05) is 31.2 Å². The summed E-state index contributed by atoms with van der Waals surface area (Å²) >= 11 is 0. The third-order valence-corrected chi connectivity index (χ3v) is 3.83. The van der Waals surface area contributed by atoms with E-state index >= 15 is 0 Å². The van der Waals surface area contributed by atoms with E-state index in [1.54, 1.807) is 12.3 Å². The van der Waals surface area contributed by atoms with Gasteiger partial charge in [0.25, 0.3) is 5.91 Å². The lowest BCUT2D eigenvalue weighted by Gasteiger charge is -2.17. The minimum atomic E-state index is -0.119. The molecule has 5 nitrogen and oxygen atoms in total. The first-order chi connectivity index (χ1) is 10.3. The fourth-order valence-electron chi connectivity index (χ4n) is 2.48. The van der Waals surface area contributed by atoms with E-state index < -0.39 is 0 Å². The Morgan fingerprint density at radius 1 is 1.38 bits per heavy atom. The van der Waals surface area contributed by atoms with Gasteiger partial charge in [-0.1, -0.05) is 0 Å². The van der Waals surface area contributed by atoms with Gasteiger partial charge in [0.05, 0.1) is 5.56 Å². The van der Waals surface area contributed by atoms with Gasteiger partial charge < -0.3 is 15.0 Å². The molecule has 1 saturated carbocycles. The summed E-state index contributed by atoms with van der Waals surface area (Å²) in [5.74, 6) is 1.19. The number of aliphatic hydroxyl groups is 1. The molecule has 1 aliphatic carbocycles. The van der Waals surface area contributed by atoms with Crippen molar-refractivity contribution in [2.75, 3.05) is 6.61 Å². The minimum absolute atomic E-state index is 0.0756. The maximum atomic E-state index is 12.2. The lowest BCUT2D eigenvalue weighted by Crippen LogP contribution is -2.37. The van der Waals surface area contributed by atoms with Gasteiger partial charge in [-0.2, -0.15) is 0 Å². The van der Waals surface area contributed by atoms with E-state index in [2.05, 4.69) is 10.3 Å². The summed E-state index contributed by atoms with van der Waals surface area (Å²) in [6, 6.07) is 7.54. The molecule has 2 N–H and O–H groups in total. The van der Waals surface area contributed by atoms with Crippen LogP contribution < -0.4 is 5.32 Å². The summed E-state index contributed by atoms with van der Waals surface area (Å²) in [5, 5.41) is 12.1. The topological polar surface area (TPSA) is 67.2 Å². The highest BCUT2D eigenvalue weighted by Gasteiger charge is 2.31. The second-order valence-corrected chi connectivity index (χ2v) is 5.43. The minimum Gasteiger partial charge on any atom is -0.396 e. The predicted molar refractivity (Wildman–Crippen MR) is 79.2 cm³/mol. The zero-order valence-corrected chi connectivity index (χ0v) is 11.8. The smallest absolute Gasteiger partial charge is 0.253 e. The average molecular weight is 285 g/mol. The molecule has 0 aliphatic heterocycles. The Labute approximate surface area is 123 Å². The molecule has 0 spiro atoms. The highest BCUT2D eigenvalue weighted by molar-refractivity contribution is 5.94. The molecule has 2 heterocycles. The summed E-state index contributed by atoms with van der Waals surface area (Å²) in [6.45, 7) is 0.103. The maximum Gasteiger partial charge on any atom is 0.253 e. The SMILES string of the molecule is O=C(NC(CCO)C1CC1)c1ccc(-n2cccc2)nc1. The van der Waals surface area contributed by atoms with E-state index in [9.17, 15) is 4.79 Å². The van der Waals surface area contributed by atoms with Crippen molar-refractivity contribution in [2.24, 2.45) is 5.92 Å². The van der Waals surface area contributed by atoms with Gasteiger partial charge in [0.1, 0.15) is 5.82 Å². The molecule has 1 unspecified atom stereocenters. The van der Waals surface area contributed by atoms with Crippen LogP contribution in [0.3, 0.4) is 0 Å². The van der Waals surface area contributed by atoms with Gasteiger partial charge >= 0.3 is 0 Å². The number of hydrogen-bond acceptors (Lipinski definition) is 3. The fraction of sp³-hybridized carbons (Fsp3) is 0.375. The quantitative estimate of drug-likeness (QED) is 0.850. The number of aromatic nitrogens is 2. The molecule has 2 aromatic heterocycles. The van der Waals surface area contributed by atoms with E-state index in [-0.39, 0.29) is 18.6 Å². The highest BCUT2D eigenvalue weighted by Crippen LogP contribution is 2.34. The molecule has 1 fully saturated rings. The predicted octanol–water partition coefficient (Wildman–Crippen LogP) is 1.76. The van der Waals surface area contributed by atoms with Crippen LogP contribution in [-0.2, 0) is 0 Å². The molecule has 1 amide bonds. The van der Waals surface area contributed by atoms with Crippen molar-refractivity contribution in [3.8, 4) is 5.82 Å². The number of aliphatic hydroxyl groups excluding tert-OH is 1. The van der Waals surface area contributed by atoms with E-state index in [0.29, 0.717) is 17.9 Å². The molecular formula is C16H19N3O2. The summed E-state index contributed by atoms with van der Waals surface area (Å²) in [7, 11) is 0. The maximum absolute atomic E-state index is 12.2. The fourth-order valence-corrected chi connectivity index (χ4v) is 2.48. The third-order valence-electron chi connectivity index (χ3n) is 3.83. The Morgan fingerprint density at radius 2 is 2.14 bits per heavy atom.